The summed E-state index contributed by atoms with van der Waals surface area (Å²) >= 11 is 1.78. The monoisotopic (exact) mass is 261 g/mol. The van der Waals surface area contributed by atoms with Gasteiger partial charge in [-0.25, -0.2) is 4.98 Å². The second-order valence-corrected chi connectivity index (χ2v) is 5.15. The SMILES string of the molecule is CCc1nc(CN2CCC(CN)C2)cs1.Cl. The summed E-state index contributed by atoms with van der Waals surface area (Å²) in [5, 5.41) is 3.44. The molecule has 3 nitrogen and oxygen atoms in total. The number of hydrogen-bond acceptors (Lipinski definition) is 4. The first-order valence-electron chi connectivity index (χ1n) is 5.67. The van der Waals surface area contributed by atoms with Crippen LogP contribution in [0.1, 0.15) is 24.0 Å². The van der Waals surface area contributed by atoms with E-state index in [-0.39, 0.29) is 12.4 Å². The first-order chi connectivity index (χ1) is 7.31. The van der Waals surface area contributed by atoms with Gasteiger partial charge in [0.15, 0.2) is 0 Å². The van der Waals surface area contributed by atoms with Gasteiger partial charge < -0.3 is 5.73 Å². The van der Waals surface area contributed by atoms with E-state index in [9.17, 15) is 0 Å². The topological polar surface area (TPSA) is 42.2 Å². The standard InChI is InChI=1S/C11H19N3S.ClH/c1-2-11-13-10(8-15-11)7-14-4-3-9(5-12)6-14;/h8-9H,2-7,12H2,1H3;1H. The summed E-state index contributed by atoms with van der Waals surface area (Å²) in [4.78, 5) is 7.05. The molecule has 0 aliphatic carbocycles. The lowest BCUT2D eigenvalue weighted by molar-refractivity contribution is 0.314. The third kappa shape index (κ3) is 3.42. The van der Waals surface area contributed by atoms with Crippen LogP contribution in [-0.4, -0.2) is 29.5 Å². The molecule has 1 unspecified atom stereocenters. The van der Waals surface area contributed by atoms with E-state index in [1.807, 2.05) is 0 Å². The Morgan fingerprint density at radius 2 is 2.44 bits per heavy atom. The number of halogens is 1. The van der Waals surface area contributed by atoms with E-state index in [1.54, 1.807) is 11.3 Å². The van der Waals surface area contributed by atoms with Crippen LogP contribution >= 0.6 is 23.7 Å². The first kappa shape index (κ1) is 13.9. The van der Waals surface area contributed by atoms with E-state index in [4.69, 9.17) is 5.73 Å². The third-order valence-electron chi connectivity index (χ3n) is 2.99. The summed E-state index contributed by atoms with van der Waals surface area (Å²) in [5.74, 6) is 0.703. The van der Waals surface area contributed by atoms with Crippen LogP contribution in [0.3, 0.4) is 0 Å². The van der Waals surface area contributed by atoms with Crippen LogP contribution in [0, 0.1) is 5.92 Å². The quantitative estimate of drug-likeness (QED) is 0.900. The predicted molar refractivity (Wildman–Crippen MR) is 71.2 cm³/mol. The Labute approximate surface area is 107 Å². The van der Waals surface area contributed by atoms with Crippen LogP contribution in [-0.2, 0) is 13.0 Å². The zero-order valence-electron chi connectivity index (χ0n) is 9.69. The molecule has 1 aromatic rings. The van der Waals surface area contributed by atoms with Crippen LogP contribution in [0.15, 0.2) is 5.38 Å². The van der Waals surface area contributed by atoms with E-state index < -0.39 is 0 Å². The zero-order chi connectivity index (χ0) is 10.7. The average Bonchev–Trinajstić information content (AvgIpc) is 2.87. The number of nitrogens with zero attached hydrogens (tertiary/aromatic N) is 2. The molecule has 0 spiro atoms. The van der Waals surface area contributed by atoms with Gasteiger partial charge >= 0.3 is 0 Å². The van der Waals surface area contributed by atoms with Crippen LogP contribution in [0.25, 0.3) is 0 Å². The van der Waals surface area contributed by atoms with Crippen molar-refractivity contribution in [2.24, 2.45) is 11.7 Å². The summed E-state index contributed by atoms with van der Waals surface area (Å²) in [6.07, 6.45) is 2.30. The highest BCUT2D eigenvalue weighted by Crippen LogP contribution is 2.18. The number of aryl methyl sites for hydroxylation is 1. The van der Waals surface area contributed by atoms with Crippen LogP contribution in [0.5, 0.6) is 0 Å². The Kier molecular flexibility index (Phi) is 5.69. The van der Waals surface area contributed by atoms with Crippen molar-refractivity contribution >= 4 is 23.7 Å². The van der Waals surface area contributed by atoms with Crippen molar-refractivity contribution in [2.45, 2.75) is 26.3 Å². The van der Waals surface area contributed by atoms with E-state index in [0.29, 0.717) is 5.92 Å². The molecule has 92 valence electrons. The normalized spacial score (nSPS) is 21.0. The highest BCUT2D eigenvalue weighted by atomic mass is 35.5. The molecule has 0 aromatic carbocycles. The predicted octanol–water partition coefficient (Wildman–Crippen LogP) is 1.91. The van der Waals surface area contributed by atoms with Crippen molar-refractivity contribution in [1.29, 1.82) is 0 Å². The van der Waals surface area contributed by atoms with Gasteiger partial charge in [-0.2, -0.15) is 0 Å². The fraction of sp³-hybridized carbons (Fsp3) is 0.727. The minimum atomic E-state index is 0. The Hall–Kier alpha value is -0.160. The van der Waals surface area contributed by atoms with Gasteiger partial charge in [-0.15, -0.1) is 23.7 Å². The molecule has 5 heteroatoms. The molecule has 1 saturated heterocycles. The second kappa shape index (κ2) is 6.55. The summed E-state index contributed by atoms with van der Waals surface area (Å²) in [6.45, 7) is 6.32. The van der Waals surface area contributed by atoms with Gasteiger partial charge in [0.25, 0.3) is 0 Å². The third-order valence-corrected chi connectivity index (χ3v) is 4.03. The number of thiazole rings is 1. The Bertz CT molecular complexity index is 316. The fourth-order valence-electron chi connectivity index (χ4n) is 2.06. The highest BCUT2D eigenvalue weighted by molar-refractivity contribution is 7.09. The van der Waals surface area contributed by atoms with Gasteiger partial charge in [0.2, 0.25) is 0 Å². The summed E-state index contributed by atoms with van der Waals surface area (Å²) in [5.41, 5.74) is 6.91. The lowest BCUT2D eigenvalue weighted by Gasteiger charge is -2.13. The highest BCUT2D eigenvalue weighted by Gasteiger charge is 2.21. The largest absolute Gasteiger partial charge is 0.330 e. The second-order valence-electron chi connectivity index (χ2n) is 4.21. The van der Waals surface area contributed by atoms with E-state index in [2.05, 4.69) is 22.2 Å². The van der Waals surface area contributed by atoms with E-state index in [0.717, 1.165) is 26.1 Å². The minimum Gasteiger partial charge on any atom is -0.330 e. The Morgan fingerprint density at radius 1 is 1.62 bits per heavy atom. The number of hydrogen-bond donors (Lipinski definition) is 1. The lowest BCUT2D eigenvalue weighted by Crippen LogP contribution is -2.22. The number of rotatable bonds is 4. The number of nitrogens with two attached hydrogens (primary N) is 1. The molecule has 1 atom stereocenters. The molecule has 1 aliphatic heterocycles. The molecule has 1 fully saturated rings. The van der Waals surface area contributed by atoms with Crippen molar-refractivity contribution in [1.82, 2.24) is 9.88 Å². The molecule has 2 rings (SSSR count). The maximum Gasteiger partial charge on any atom is 0.0926 e. The number of aromatic nitrogens is 1. The van der Waals surface area contributed by atoms with Gasteiger partial charge in [-0.3, -0.25) is 4.90 Å². The van der Waals surface area contributed by atoms with Crippen molar-refractivity contribution in [3.05, 3.63) is 16.1 Å². The van der Waals surface area contributed by atoms with Crippen LogP contribution in [0.4, 0.5) is 0 Å². The molecule has 2 heterocycles. The van der Waals surface area contributed by atoms with Crippen LogP contribution < -0.4 is 5.73 Å². The fourth-order valence-corrected chi connectivity index (χ4v) is 2.80. The molecule has 0 bridgehead atoms. The average molecular weight is 262 g/mol. The van der Waals surface area contributed by atoms with Gasteiger partial charge in [0, 0.05) is 18.5 Å². The minimum absolute atomic E-state index is 0. The van der Waals surface area contributed by atoms with Crippen molar-refractivity contribution < 1.29 is 0 Å². The maximum atomic E-state index is 5.67. The molecule has 0 amide bonds. The van der Waals surface area contributed by atoms with Crippen molar-refractivity contribution in [3.8, 4) is 0 Å². The molecule has 1 aliphatic rings. The van der Waals surface area contributed by atoms with E-state index >= 15 is 0 Å². The number of likely N-dealkylation sites (tertiary alicyclic amines) is 1. The molecule has 1 aromatic heterocycles. The maximum absolute atomic E-state index is 5.67. The van der Waals surface area contributed by atoms with Gasteiger partial charge in [-0.05, 0) is 31.8 Å². The molecule has 0 saturated carbocycles. The zero-order valence-corrected chi connectivity index (χ0v) is 11.3. The van der Waals surface area contributed by atoms with Crippen molar-refractivity contribution in [2.75, 3.05) is 19.6 Å². The molecular formula is C11H20ClN3S. The smallest absolute Gasteiger partial charge is 0.0926 e. The van der Waals surface area contributed by atoms with Crippen LogP contribution in [0.2, 0.25) is 0 Å². The van der Waals surface area contributed by atoms with Crippen molar-refractivity contribution in [3.63, 3.8) is 0 Å². The van der Waals surface area contributed by atoms with Gasteiger partial charge in [0.05, 0.1) is 10.7 Å². The van der Waals surface area contributed by atoms with Gasteiger partial charge in [0.1, 0.15) is 0 Å². The Morgan fingerprint density at radius 3 is 3.00 bits per heavy atom. The van der Waals surface area contributed by atoms with E-state index in [1.165, 1.54) is 23.7 Å². The molecule has 0 radical (unpaired) electrons. The molecular weight excluding hydrogens is 242 g/mol. The Balaban J connectivity index is 0.00000128. The van der Waals surface area contributed by atoms with Gasteiger partial charge in [-0.1, -0.05) is 6.92 Å². The first-order valence-corrected chi connectivity index (χ1v) is 6.55. The lowest BCUT2D eigenvalue weighted by atomic mass is 10.1. The summed E-state index contributed by atoms with van der Waals surface area (Å²) in [6, 6.07) is 0. The molecule has 2 N–H and O–H groups in total. The summed E-state index contributed by atoms with van der Waals surface area (Å²) < 4.78 is 0. The molecule has 16 heavy (non-hydrogen) atoms. The summed E-state index contributed by atoms with van der Waals surface area (Å²) in [7, 11) is 0.